The maximum absolute atomic E-state index is 4.22. The summed E-state index contributed by atoms with van der Waals surface area (Å²) in [5.74, 6) is 7.86. The van der Waals surface area contributed by atoms with Gasteiger partial charge >= 0.3 is 0 Å². The Morgan fingerprint density at radius 1 is 0.750 bits per heavy atom. The van der Waals surface area contributed by atoms with Crippen molar-refractivity contribution in [2.45, 2.75) is 120 Å². The summed E-state index contributed by atoms with van der Waals surface area (Å²) in [6.45, 7) is 12.5. The third kappa shape index (κ3) is 4.04. The molecule has 0 saturated heterocycles. The maximum atomic E-state index is 4.22. The van der Waals surface area contributed by atoms with Crippen LogP contribution in [0.3, 0.4) is 0 Å². The van der Waals surface area contributed by atoms with Crippen molar-refractivity contribution in [3.05, 3.63) is 48.6 Å². The summed E-state index contributed by atoms with van der Waals surface area (Å²) in [6.07, 6.45) is 22.0. The van der Waals surface area contributed by atoms with Crippen LogP contribution in [0.2, 0.25) is 24.7 Å². The predicted molar refractivity (Wildman–Crippen MR) is 158 cm³/mol. The van der Waals surface area contributed by atoms with E-state index in [1.807, 2.05) is 0 Å². The zero-order chi connectivity index (χ0) is 24.9. The van der Waals surface area contributed by atoms with Gasteiger partial charge < -0.3 is 0 Å². The molecule has 0 nitrogen and oxygen atoms in total. The van der Waals surface area contributed by atoms with E-state index in [2.05, 4.69) is 63.0 Å². The molecule has 36 heavy (non-hydrogen) atoms. The van der Waals surface area contributed by atoms with E-state index < -0.39 is 8.07 Å². The summed E-state index contributed by atoms with van der Waals surface area (Å²) >= 11 is 0. The molecule has 0 bridgehead atoms. The lowest BCUT2D eigenvalue weighted by Crippen LogP contribution is -2.47. The van der Waals surface area contributed by atoms with Crippen LogP contribution in [0.5, 0.6) is 0 Å². The van der Waals surface area contributed by atoms with Gasteiger partial charge in [0.15, 0.2) is 0 Å². The minimum atomic E-state index is -1.33. The van der Waals surface area contributed by atoms with Crippen LogP contribution in [-0.2, 0) is 5.41 Å². The van der Waals surface area contributed by atoms with Crippen molar-refractivity contribution in [2.24, 2.45) is 47.3 Å². The molecule has 198 valence electrons. The largest absolute Gasteiger partial charge is 0.103 e. The predicted octanol–water partition coefficient (Wildman–Crippen LogP) is 10.3. The van der Waals surface area contributed by atoms with E-state index in [0.29, 0.717) is 5.41 Å². The molecule has 5 aliphatic rings. The zero-order valence-electron chi connectivity index (χ0n) is 23.8. The first kappa shape index (κ1) is 25.5. The molecule has 0 radical (unpaired) electrons. The molecule has 0 aliphatic heterocycles. The first-order chi connectivity index (χ1) is 17.5. The van der Waals surface area contributed by atoms with Gasteiger partial charge in [0.1, 0.15) is 0 Å². The van der Waals surface area contributed by atoms with Crippen molar-refractivity contribution in [3.8, 4) is 0 Å². The molecule has 0 aromatic heterocycles. The Hall–Kier alpha value is -0.823. The highest BCUT2D eigenvalue weighted by atomic mass is 28.3. The van der Waals surface area contributed by atoms with Gasteiger partial charge in [0, 0.05) is 0 Å². The Kier molecular flexibility index (Phi) is 7.11. The van der Waals surface area contributed by atoms with Crippen molar-refractivity contribution < 1.29 is 0 Å². The second-order valence-corrected chi connectivity index (χ2v) is 20.1. The van der Waals surface area contributed by atoms with Crippen LogP contribution in [0.1, 0.15) is 96.0 Å². The van der Waals surface area contributed by atoms with Crippen molar-refractivity contribution >= 4 is 8.07 Å². The molecule has 6 rings (SSSR count). The monoisotopic (exact) mass is 502 g/mol. The third-order valence-corrected chi connectivity index (χ3v) is 17.2. The molecular weight excluding hydrogens is 448 g/mol. The van der Waals surface area contributed by atoms with Gasteiger partial charge in [-0.25, -0.2) is 0 Å². The van der Waals surface area contributed by atoms with Crippen molar-refractivity contribution in [1.82, 2.24) is 0 Å². The van der Waals surface area contributed by atoms with Gasteiger partial charge in [-0.2, -0.15) is 0 Å². The number of hydrogen-bond acceptors (Lipinski definition) is 0. The molecule has 0 amide bonds. The molecule has 9 atom stereocenters. The van der Waals surface area contributed by atoms with Crippen LogP contribution in [0, 0.1) is 47.3 Å². The van der Waals surface area contributed by atoms with E-state index in [1.54, 1.807) is 18.4 Å². The fraction of sp³-hybridized carbons (Fsp3) is 0.771. The summed E-state index contributed by atoms with van der Waals surface area (Å²) in [5, 5.41) is 0. The Labute approximate surface area is 224 Å². The highest BCUT2D eigenvalue weighted by Crippen LogP contribution is 2.69. The smallest absolute Gasteiger partial charge is 0.0545 e. The summed E-state index contributed by atoms with van der Waals surface area (Å²) in [4.78, 5) is 0. The molecule has 5 aliphatic carbocycles. The summed E-state index contributed by atoms with van der Waals surface area (Å²) in [5.41, 5.74) is 3.08. The molecule has 1 heteroatoms. The van der Waals surface area contributed by atoms with Gasteiger partial charge in [0.2, 0.25) is 0 Å². The van der Waals surface area contributed by atoms with E-state index in [-0.39, 0.29) is 0 Å². The lowest BCUT2D eigenvalue weighted by atomic mass is 9.53. The van der Waals surface area contributed by atoms with Crippen molar-refractivity contribution in [1.29, 1.82) is 0 Å². The molecule has 5 fully saturated rings. The van der Waals surface area contributed by atoms with E-state index in [0.717, 1.165) is 52.9 Å². The number of rotatable bonds is 6. The molecule has 1 aromatic rings. The second kappa shape index (κ2) is 10.1. The second-order valence-electron chi connectivity index (χ2n) is 14.9. The van der Waals surface area contributed by atoms with Crippen LogP contribution in [-0.4, -0.2) is 8.07 Å². The average molecular weight is 503 g/mol. The molecule has 0 N–H and O–H groups in total. The Bertz CT molecular complexity index is 880. The quantitative estimate of drug-likeness (QED) is 0.268. The van der Waals surface area contributed by atoms with E-state index >= 15 is 0 Å². The Morgan fingerprint density at radius 3 is 1.81 bits per heavy atom. The third-order valence-electron chi connectivity index (χ3n) is 13.2. The van der Waals surface area contributed by atoms with Crippen molar-refractivity contribution in [3.63, 3.8) is 0 Å². The van der Waals surface area contributed by atoms with Gasteiger partial charge in [-0.1, -0.05) is 101 Å². The highest BCUT2D eigenvalue weighted by molar-refractivity contribution is 6.79. The lowest BCUT2D eigenvalue weighted by molar-refractivity contribution is 0.0478. The molecule has 0 spiro atoms. The van der Waals surface area contributed by atoms with Gasteiger partial charge in [0.05, 0.1) is 8.07 Å². The van der Waals surface area contributed by atoms with Crippen molar-refractivity contribution in [2.75, 3.05) is 0 Å². The molecule has 0 heterocycles. The van der Waals surface area contributed by atoms with Crippen LogP contribution in [0.15, 0.2) is 43.0 Å². The molecular formula is C35H54Si. The lowest BCUT2D eigenvalue weighted by Gasteiger charge is -2.51. The molecule has 5 saturated carbocycles. The SMILES string of the molecule is C=CC[Si](C)(C)C1CC(C(C)(c2ccccc2)C2C3CCCCC3C3CCCCC32)C2CCCCC21. The first-order valence-corrected chi connectivity index (χ1v) is 19.4. The Balaban J connectivity index is 1.46. The number of hydrogen-bond donors (Lipinski definition) is 0. The number of allylic oxidation sites excluding steroid dienone is 1. The molecule has 1 aromatic carbocycles. The van der Waals surface area contributed by atoms with Crippen LogP contribution in [0.4, 0.5) is 0 Å². The van der Waals surface area contributed by atoms with Gasteiger partial charge in [-0.05, 0) is 108 Å². The van der Waals surface area contributed by atoms with E-state index in [4.69, 9.17) is 0 Å². The minimum Gasteiger partial charge on any atom is -0.103 e. The van der Waals surface area contributed by atoms with Gasteiger partial charge in [0.25, 0.3) is 0 Å². The fourth-order valence-electron chi connectivity index (χ4n) is 11.9. The van der Waals surface area contributed by atoms with Crippen LogP contribution >= 0.6 is 0 Å². The summed E-state index contributed by atoms with van der Waals surface area (Å²) in [7, 11) is -1.33. The van der Waals surface area contributed by atoms with Gasteiger partial charge in [-0.3, -0.25) is 0 Å². The maximum Gasteiger partial charge on any atom is 0.0545 e. The molecule has 9 unspecified atom stereocenters. The first-order valence-electron chi connectivity index (χ1n) is 16.1. The van der Waals surface area contributed by atoms with Crippen LogP contribution < -0.4 is 0 Å². The number of benzene rings is 1. The topological polar surface area (TPSA) is 0 Å². The Morgan fingerprint density at radius 2 is 1.25 bits per heavy atom. The summed E-state index contributed by atoms with van der Waals surface area (Å²) in [6, 6.07) is 13.5. The zero-order valence-corrected chi connectivity index (χ0v) is 24.8. The fourth-order valence-corrected chi connectivity index (χ4v) is 15.4. The average Bonchev–Trinajstić information content (AvgIpc) is 3.47. The van der Waals surface area contributed by atoms with Gasteiger partial charge in [-0.15, -0.1) is 6.58 Å². The summed E-state index contributed by atoms with van der Waals surface area (Å²) < 4.78 is 0. The highest BCUT2D eigenvalue weighted by Gasteiger charge is 2.63. The number of fused-ring (bicyclic) bond motifs is 4. The standard InChI is InChI=1S/C35H54Si/c1-5-23-36(3,4)33-24-32(28-19-11-12-20-29(28)33)35(2,25-15-7-6-8-16-25)34-30-21-13-9-17-26(30)27-18-10-14-22-31(27)34/h5-8,15-16,26-34H,1,9-14,17-24H2,2-4H3. The van der Waals surface area contributed by atoms with E-state index in [9.17, 15) is 0 Å². The normalized spacial score (nSPS) is 42.1. The minimum absolute atomic E-state index is 0.353. The van der Waals surface area contributed by atoms with Crippen LogP contribution in [0.25, 0.3) is 0 Å². The van der Waals surface area contributed by atoms with E-state index in [1.165, 1.54) is 76.7 Å².